The van der Waals surface area contributed by atoms with Gasteiger partial charge in [0.15, 0.2) is 6.10 Å². The van der Waals surface area contributed by atoms with Gasteiger partial charge in [-0.05, 0) is 96.3 Å². The summed E-state index contributed by atoms with van der Waals surface area (Å²) >= 11 is 0. The molecular formula is C50H85NO8P+. The number of ether oxygens (including phenoxy) is 2. The molecule has 0 aliphatic rings. The lowest BCUT2D eigenvalue weighted by Crippen LogP contribution is -2.37. The van der Waals surface area contributed by atoms with Gasteiger partial charge in [-0.25, -0.2) is 4.57 Å². The molecule has 0 aromatic carbocycles. The van der Waals surface area contributed by atoms with E-state index in [-0.39, 0.29) is 26.1 Å². The fourth-order valence-electron chi connectivity index (χ4n) is 5.46. The van der Waals surface area contributed by atoms with Gasteiger partial charge < -0.3 is 18.9 Å². The number of rotatable bonds is 40. The van der Waals surface area contributed by atoms with Crippen molar-refractivity contribution in [1.29, 1.82) is 0 Å². The number of hydrogen-bond donors (Lipinski definition) is 1. The fourth-order valence-corrected chi connectivity index (χ4v) is 6.20. The van der Waals surface area contributed by atoms with Gasteiger partial charge in [-0.2, -0.15) is 0 Å². The number of phosphoric ester groups is 1. The molecule has 0 rings (SSSR count). The minimum absolute atomic E-state index is 0.0105. The Balaban J connectivity index is 4.52. The van der Waals surface area contributed by atoms with Crippen LogP contribution < -0.4 is 0 Å². The highest BCUT2D eigenvalue weighted by Gasteiger charge is 2.27. The van der Waals surface area contributed by atoms with E-state index in [2.05, 4.69) is 105 Å². The van der Waals surface area contributed by atoms with E-state index in [1.807, 2.05) is 27.2 Å². The van der Waals surface area contributed by atoms with E-state index in [0.717, 1.165) is 57.8 Å². The maximum atomic E-state index is 12.7. The van der Waals surface area contributed by atoms with Crippen molar-refractivity contribution >= 4 is 19.8 Å². The molecule has 0 bridgehead atoms. The molecule has 60 heavy (non-hydrogen) atoms. The third-order valence-electron chi connectivity index (χ3n) is 9.09. The summed E-state index contributed by atoms with van der Waals surface area (Å²) in [7, 11) is 1.41. The van der Waals surface area contributed by atoms with E-state index in [1.165, 1.54) is 51.4 Å². The molecule has 2 atom stereocenters. The number of unbranched alkanes of at least 4 members (excludes halogenated alkanes) is 10. The first-order valence-electron chi connectivity index (χ1n) is 23.0. The van der Waals surface area contributed by atoms with Gasteiger partial charge in [-0.15, -0.1) is 0 Å². The summed E-state index contributed by atoms with van der Waals surface area (Å²) in [5.41, 5.74) is 0. The van der Waals surface area contributed by atoms with Gasteiger partial charge in [-0.3, -0.25) is 18.6 Å². The normalized spacial score (nSPS) is 14.4. The van der Waals surface area contributed by atoms with Crippen molar-refractivity contribution in [2.24, 2.45) is 0 Å². The molecule has 9 nitrogen and oxygen atoms in total. The summed E-state index contributed by atoms with van der Waals surface area (Å²) in [5.74, 6) is -0.910. The standard InChI is InChI=1S/C50H84NO8P/c1-6-8-10-12-14-16-18-20-22-24-25-27-28-30-32-34-36-38-40-42-49(52)56-46-48(47-58-60(54,55)57-45-44-51(3,4)5)59-50(53)43-41-39-37-35-33-31-29-26-23-21-19-17-15-13-11-9-7-2/h14-17,20-23,25,27,29-32,35,37,48H,6-13,18-19,24,26,28,33-34,36,38-47H2,1-5H3/p+1/b16-14-,17-15-,22-20-,23-21-,27-25-,31-29-,32-30-,37-35-/t48-/m1/s1. The first-order chi connectivity index (χ1) is 29.0. The Kier molecular flexibility index (Phi) is 39.2. The summed E-state index contributed by atoms with van der Waals surface area (Å²) in [6.07, 6.45) is 54.6. The van der Waals surface area contributed by atoms with E-state index in [1.54, 1.807) is 0 Å². The molecule has 342 valence electrons. The van der Waals surface area contributed by atoms with Gasteiger partial charge >= 0.3 is 19.8 Å². The zero-order valence-corrected chi connectivity index (χ0v) is 39.3. The summed E-state index contributed by atoms with van der Waals surface area (Å²) in [5, 5.41) is 0. The van der Waals surface area contributed by atoms with Crippen LogP contribution in [0.5, 0.6) is 0 Å². The molecular weight excluding hydrogens is 774 g/mol. The minimum Gasteiger partial charge on any atom is -0.462 e. The lowest BCUT2D eigenvalue weighted by molar-refractivity contribution is -0.870. The second kappa shape index (κ2) is 41.3. The molecule has 10 heteroatoms. The van der Waals surface area contributed by atoms with Gasteiger partial charge in [-0.1, -0.05) is 143 Å². The maximum absolute atomic E-state index is 12.7. The average Bonchev–Trinajstić information content (AvgIpc) is 3.20. The lowest BCUT2D eigenvalue weighted by atomic mass is 10.1. The van der Waals surface area contributed by atoms with Gasteiger partial charge in [0.2, 0.25) is 0 Å². The number of likely N-dealkylation sites (N-methyl/N-ethyl adjacent to an activating group) is 1. The Hall–Kier alpha value is -3.07. The third-order valence-corrected chi connectivity index (χ3v) is 10.1. The molecule has 0 aromatic heterocycles. The second-order valence-corrected chi connectivity index (χ2v) is 17.5. The monoisotopic (exact) mass is 859 g/mol. The van der Waals surface area contributed by atoms with Crippen LogP contribution in [0, 0.1) is 0 Å². The average molecular weight is 859 g/mol. The minimum atomic E-state index is -4.41. The SMILES string of the molecule is CCCCC/C=C\C/C=C\C/C=C\C/C=C\CCCCCC(=O)OC[C@H](COP(=O)(O)OCC[N+](C)(C)C)OC(=O)CCC/C=C\C/C=C\C/C=C\C/C=C\CCCCC. The van der Waals surface area contributed by atoms with Crippen molar-refractivity contribution in [2.75, 3.05) is 47.5 Å². The van der Waals surface area contributed by atoms with Crippen molar-refractivity contribution in [1.82, 2.24) is 0 Å². The quantitative estimate of drug-likeness (QED) is 0.0213. The van der Waals surface area contributed by atoms with Gasteiger partial charge in [0.05, 0.1) is 27.7 Å². The molecule has 0 amide bonds. The molecule has 1 N–H and O–H groups in total. The summed E-state index contributed by atoms with van der Waals surface area (Å²) in [6.45, 7) is 4.24. The van der Waals surface area contributed by atoms with E-state index in [9.17, 15) is 19.0 Å². The van der Waals surface area contributed by atoms with Crippen molar-refractivity contribution in [3.8, 4) is 0 Å². The predicted octanol–water partition coefficient (Wildman–Crippen LogP) is 13.4. The molecule has 0 aromatic rings. The maximum Gasteiger partial charge on any atom is 0.472 e. The Morgan fingerprint density at radius 3 is 1.35 bits per heavy atom. The smallest absolute Gasteiger partial charge is 0.462 e. The molecule has 0 fully saturated rings. The van der Waals surface area contributed by atoms with Crippen LogP contribution in [0.3, 0.4) is 0 Å². The van der Waals surface area contributed by atoms with E-state index in [4.69, 9.17) is 18.5 Å². The molecule has 0 spiro atoms. The Morgan fingerprint density at radius 1 is 0.517 bits per heavy atom. The molecule has 0 radical (unpaired) electrons. The summed E-state index contributed by atoms with van der Waals surface area (Å²) in [6, 6.07) is 0. The number of esters is 2. The highest BCUT2D eigenvalue weighted by Crippen LogP contribution is 2.43. The number of carbonyl (C=O) groups is 2. The molecule has 0 heterocycles. The number of phosphoric acid groups is 1. The van der Waals surface area contributed by atoms with Gasteiger partial charge in [0.1, 0.15) is 19.8 Å². The molecule has 0 aliphatic heterocycles. The van der Waals surface area contributed by atoms with Crippen LogP contribution in [0.1, 0.15) is 155 Å². The van der Waals surface area contributed by atoms with Crippen LogP contribution in [-0.4, -0.2) is 74.9 Å². The van der Waals surface area contributed by atoms with Crippen LogP contribution in [-0.2, 0) is 32.7 Å². The highest BCUT2D eigenvalue weighted by molar-refractivity contribution is 7.47. The zero-order chi connectivity index (χ0) is 44.3. The second-order valence-electron chi connectivity index (χ2n) is 16.1. The first kappa shape index (κ1) is 56.9. The molecule has 0 aliphatic carbocycles. The fraction of sp³-hybridized carbons (Fsp3) is 0.640. The molecule has 0 saturated carbocycles. The Labute approximate surface area is 366 Å². The predicted molar refractivity (Wildman–Crippen MR) is 252 cm³/mol. The summed E-state index contributed by atoms with van der Waals surface area (Å²) in [4.78, 5) is 35.4. The van der Waals surface area contributed by atoms with E-state index in [0.29, 0.717) is 30.3 Å². The van der Waals surface area contributed by atoms with Crippen LogP contribution in [0.4, 0.5) is 0 Å². The van der Waals surface area contributed by atoms with Crippen molar-refractivity contribution < 1.29 is 42.1 Å². The first-order valence-corrected chi connectivity index (χ1v) is 24.5. The number of hydrogen-bond acceptors (Lipinski definition) is 7. The summed E-state index contributed by atoms with van der Waals surface area (Å²) < 4.78 is 34.2. The number of quaternary nitrogens is 1. The van der Waals surface area contributed by atoms with Crippen LogP contribution in [0.15, 0.2) is 97.2 Å². The van der Waals surface area contributed by atoms with Gasteiger partial charge in [0.25, 0.3) is 0 Å². The highest BCUT2D eigenvalue weighted by atomic mass is 31.2. The third kappa shape index (κ3) is 44.5. The van der Waals surface area contributed by atoms with E-state index >= 15 is 0 Å². The molecule has 1 unspecified atom stereocenters. The lowest BCUT2D eigenvalue weighted by Gasteiger charge is -2.24. The van der Waals surface area contributed by atoms with E-state index < -0.39 is 32.5 Å². The Bertz CT molecular complexity index is 1340. The molecule has 0 saturated heterocycles. The van der Waals surface area contributed by atoms with Crippen LogP contribution in [0.25, 0.3) is 0 Å². The Morgan fingerprint density at radius 2 is 0.917 bits per heavy atom. The van der Waals surface area contributed by atoms with Crippen molar-refractivity contribution in [3.05, 3.63) is 97.2 Å². The zero-order valence-electron chi connectivity index (χ0n) is 38.4. The largest absolute Gasteiger partial charge is 0.472 e. The van der Waals surface area contributed by atoms with Crippen LogP contribution >= 0.6 is 7.82 Å². The van der Waals surface area contributed by atoms with Crippen molar-refractivity contribution in [2.45, 2.75) is 161 Å². The van der Waals surface area contributed by atoms with Gasteiger partial charge in [0, 0.05) is 12.8 Å². The number of nitrogens with zero attached hydrogens (tertiary/aromatic N) is 1. The van der Waals surface area contributed by atoms with Crippen LogP contribution in [0.2, 0.25) is 0 Å². The number of carbonyl (C=O) groups excluding carboxylic acids is 2. The van der Waals surface area contributed by atoms with Crippen molar-refractivity contribution in [3.63, 3.8) is 0 Å². The number of allylic oxidation sites excluding steroid dienone is 16. The topological polar surface area (TPSA) is 108 Å².